The van der Waals surface area contributed by atoms with Crippen molar-refractivity contribution in [3.63, 3.8) is 0 Å². The van der Waals surface area contributed by atoms with Crippen LogP contribution in [0.15, 0.2) is 53.7 Å². The van der Waals surface area contributed by atoms with Crippen LogP contribution in [-0.2, 0) is 16.7 Å². The smallest absolute Gasteiger partial charge is 0.244 e. The zero-order valence-corrected chi connectivity index (χ0v) is 18.9. The van der Waals surface area contributed by atoms with E-state index in [-0.39, 0.29) is 4.90 Å². The van der Waals surface area contributed by atoms with E-state index in [4.69, 9.17) is 12.2 Å². The molecular weight excluding hydrogens is 440 g/mol. The average Bonchev–Trinajstić information content (AvgIpc) is 3.09. The van der Waals surface area contributed by atoms with E-state index in [9.17, 15) is 8.42 Å². The molecule has 30 heavy (non-hydrogen) atoms. The van der Waals surface area contributed by atoms with Crippen LogP contribution in [0.25, 0.3) is 0 Å². The number of rotatable bonds is 6. The Morgan fingerprint density at radius 1 is 1.13 bits per heavy atom. The Balaban J connectivity index is 1.37. The predicted molar refractivity (Wildman–Crippen MR) is 120 cm³/mol. The second kappa shape index (κ2) is 8.90. The van der Waals surface area contributed by atoms with Gasteiger partial charge in [0.2, 0.25) is 15.2 Å². The summed E-state index contributed by atoms with van der Waals surface area (Å²) in [6, 6.07) is 11.3. The van der Waals surface area contributed by atoms with E-state index in [0.29, 0.717) is 36.8 Å². The largest absolute Gasteiger partial charge is 0.330 e. The number of aryl methyl sites for hydroxylation is 1. The number of piperazine rings is 1. The van der Waals surface area contributed by atoms with Gasteiger partial charge < -0.3 is 5.32 Å². The van der Waals surface area contributed by atoms with Gasteiger partial charge in [-0.2, -0.15) is 4.31 Å². The van der Waals surface area contributed by atoms with Crippen LogP contribution in [0.2, 0.25) is 0 Å². The molecule has 3 aromatic rings. The molecule has 0 bridgehead atoms. The van der Waals surface area contributed by atoms with Crippen LogP contribution in [0, 0.1) is 10.9 Å². The summed E-state index contributed by atoms with van der Waals surface area (Å²) in [4.78, 5) is 6.30. The molecule has 1 aliphatic heterocycles. The summed E-state index contributed by atoms with van der Waals surface area (Å²) >= 11 is 6.88. The fourth-order valence-corrected chi connectivity index (χ4v) is 5.56. The second-order valence-electron chi connectivity index (χ2n) is 7.02. The molecule has 0 unspecified atom stereocenters. The van der Waals surface area contributed by atoms with Crippen LogP contribution in [0.3, 0.4) is 0 Å². The van der Waals surface area contributed by atoms with E-state index in [1.54, 1.807) is 23.0 Å². The van der Waals surface area contributed by atoms with Crippen molar-refractivity contribution in [3.05, 3.63) is 58.3 Å². The summed E-state index contributed by atoms with van der Waals surface area (Å²) < 4.78 is 29.4. The Morgan fingerprint density at radius 3 is 2.53 bits per heavy atom. The number of nitrogens with zero attached hydrogens (tertiary/aromatic N) is 5. The van der Waals surface area contributed by atoms with Crippen molar-refractivity contribution in [3.8, 4) is 0 Å². The van der Waals surface area contributed by atoms with Crippen LogP contribution >= 0.6 is 23.6 Å². The molecule has 3 heterocycles. The molecule has 0 spiro atoms. The summed E-state index contributed by atoms with van der Waals surface area (Å²) in [5.74, 6) is 0. The van der Waals surface area contributed by atoms with Crippen molar-refractivity contribution in [2.45, 2.75) is 18.5 Å². The van der Waals surface area contributed by atoms with Gasteiger partial charge in [0.15, 0.2) is 3.95 Å². The third kappa shape index (κ3) is 4.76. The lowest BCUT2D eigenvalue weighted by atomic mass is 10.2. The molecule has 11 heteroatoms. The van der Waals surface area contributed by atoms with Crippen molar-refractivity contribution in [2.24, 2.45) is 0 Å². The second-order valence-corrected chi connectivity index (χ2v) is 10.6. The maximum Gasteiger partial charge on any atom is 0.244 e. The first-order valence-electron chi connectivity index (χ1n) is 9.46. The summed E-state index contributed by atoms with van der Waals surface area (Å²) in [5.41, 5.74) is 2.16. The van der Waals surface area contributed by atoms with Gasteiger partial charge in [0.05, 0.1) is 6.67 Å². The quantitative estimate of drug-likeness (QED) is 0.564. The normalized spacial score (nSPS) is 15.9. The number of nitrogens with one attached hydrogen (secondary N) is 1. The SMILES string of the molecule is Cc1ccc(Nc2nn(CN3CCN(S(=O)(=O)c4cccnc4)CC3)c(=S)s2)cc1. The average molecular weight is 463 g/mol. The Labute approximate surface area is 184 Å². The van der Waals surface area contributed by atoms with E-state index in [0.717, 1.165) is 10.8 Å². The van der Waals surface area contributed by atoms with Crippen LogP contribution in [0.4, 0.5) is 10.8 Å². The molecule has 0 radical (unpaired) electrons. The van der Waals surface area contributed by atoms with Crippen LogP contribution in [0.5, 0.6) is 0 Å². The highest BCUT2D eigenvalue weighted by molar-refractivity contribution is 7.89. The molecule has 1 saturated heterocycles. The molecule has 0 amide bonds. The van der Waals surface area contributed by atoms with Crippen LogP contribution in [0.1, 0.15) is 5.56 Å². The zero-order chi connectivity index (χ0) is 21.1. The fraction of sp³-hybridized carbons (Fsp3) is 0.316. The van der Waals surface area contributed by atoms with Crippen molar-refractivity contribution in [1.82, 2.24) is 24.0 Å². The summed E-state index contributed by atoms with van der Waals surface area (Å²) in [6.07, 6.45) is 2.95. The number of pyridine rings is 1. The van der Waals surface area contributed by atoms with Crippen molar-refractivity contribution in [2.75, 3.05) is 31.5 Å². The first-order valence-corrected chi connectivity index (χ1v) is 12.1. The molecular formula is C19H22N6O2S3. The minimum Gasteiger partial charge on any atom is -0.330 e. The number of aromatic nitrogens is 3. The summed E-state index contributed by atoms with van der Waals surface area (Å²) in [6.45, 7) is 4.64. The Kier molecular flexibility index (Phi) is 6.25. The molecule has 0 atom stereocenters. The summed E-state index contributed by atoms with van der Waals surface area (Å²) in [7, 11) is -3.51. The highest BCUT2D eigenvalue weighted by Gasteiger charge is 2.28. The molecule has 1 N–H and O–H groups in total. The van der Waals surface area contributed by atoms with Gasteiger partial charge in [-0.3, -0.25) is 9.88 Å². The number of anilines is 2. The summed E-state index contributed by atoms with van der Waals surface area (Å²) in [5, 5.41) is 8.60. The van der Waals surface area contributed by atoms with Gasteiger partial charge in [0.1, 0.15) is 4.90 Å². The van der Waals surface area contributed by atoms with Crippen molar-refractivity contribution < 1.29 is 8.42 Å². The minimum atomic E-state index is -3.51. The lowest BCUT2D eigenvalue weighted by Crippen LogP contribution is -2.48. The lowest BCUT2D eigenvalue weighted by molar-refractivity contribution is 0.145. The number of hydrogen-bond donors (Lipinski definition) is 1. The Bertz CT molecular complexity index is 1150. The van der Waals surface area contributed by atoms with Crippen molar-refractivity contribution >= 4 is 44.4 Å². The highest BCUT2D eigenvalue weighted by atomic mass is 32.2. The van der Waals surface area contributed by atoms with Gasteiger partial charge in [-0.25, -0.2) is 13.1 Å². The first kappa shape index (κ1) is 21.1. The van der Waals surface area contributed by atoms with Crippen LogP contribution in [-0.4, -0.2) is 58.6 Å². The standard InChI is InChI=1S/C19H22N6O2S3/c1-15-4-6-16(7-5-15)21-18-22-25(19(28)29-18)14-23-9-11-24(12-10-23)30(26,27)17-3-2-8-20-13-17/h2-8,13H,9-12,14H2,1H3,(H,21,22). The van der Waals surface area contributed by atoms with Crippen LogP contribution < -0.4 is 5.32 Å². The van der Waals surface area contributed by atoms with E-state index in [1.807, 2.05) is 31.2 Å². The monoisotopic (exact) mass is 462 g/mol. The van der Waals surface area contributed by atoms with Gasteiger partial charge in [0, 0.05) is 44.3 Å². The maximum atomic E-state index is 12.7. The molecule has 0 aliphatic carbocycles. The number of benzene rings is 1. The van der Waals surface area contributed by atoms with E-state index >= 15 is 0 Å². The third-order valence-electron chi connectivity index (χ3n) is 4.85. The third-order valence-corrected chi connectivity index (χ3v) is 7.95. The molecule has 1 aliphatic rings. The van der Waals surface area contributed by atoms with Gasteiger partial charge in [-0.15, -0.1) is 5.10 Å². The van der Waals surface area contributed by atoms with Gasteiger partial charge >= 0.3 is 0 Å². The fourth-order valence-electron chi connectivity index (χ4n) is 3.16. The topological polar surface area (TPSA) is 83.4 Å². The van der Waals surface area contributed by atoms with E-state index in [2.05, 4.69) is 20.3 Å². The Morgan fingerprint density at radius 2 is 1.87 bits per heavy atom. The van der Waals surface area contributed by atoms with Gasteiger partial charge in [-0.1, -0.05) is 29.0 Å². The Hall–Kier alpha value is -2.18. The molecule has 1 aromatic carbocycles. The first-order chi connectivity index (χ1) is 14.4. The maximum absolute atomic E-state index is 12.7. The number of sulfonamides is 1. The number of hydrogen-bond acceptors (Lipinski definition) is 8. The van der Waals surface area contributed by atoms with Crippen molar-refractivity contribution in [1.29, 1.82) is 0 Å². The molecule has 8 nitrogen and oxygen atoms in total. The van der Waals surface area contributed by atoms with Gasteiger partial charge in [-0.05, 0) is 43.4 Å². The minimum absolute atomic E-state index is 0.229. The van der Waals surface area contributed by atoms with Gasteiger partial charge in [0.25, 0.3) is 0 Å². The zero-order valence-electron chi connectivity index (χ0n) is 16.4. The van der Waals surface area contributed by atoms with E-state index in [1.165, 1.54) is 27.4 Å². The van der Waals surface area contributed by atoms with E-state index < -0.39 is 10.0 Å². The molecule has 2 aromatic heterocycles. The highest BCUT2D eigenvalue weighted by Crippen LogP contribution is 2.22. The lowest BCUT2D eigenvalue weighted by Gasteiger charge is -2.33. The molecule has 1 fully saturated rings. The molecule has 158 valence electrons. The molecule has 4 rings (SSSR count). The predicted octanol–water partition coefficient (Wildman–Crippen LogP) is 3.09. The molecule has 0 saturated carbocycles.